The average Bonchev–Trinajstić information content (AvgIpc) is 2.58. The molecule has 1 unspecified atom stereocenters. The smallest absolute Gasteiger partial charge is 0.366 e. The van der Waals surface area contributed by atoms with Gasteiger partial charge in [-0.05, 0) is 32.0 Å². The highest BCUT2D eigenvalue weighted by molar-refractivity contribution is 6.01. The molecule has 1 atom stereocenters. The number of amides is 2. The van der Waals surface area contributed by atoms with Crippen LogP contribution in [-0.4, -0.2) is 27.7 Å². The van der Waals surface area contributed by atoms with Crippen molar-refractivity contribution < 1.29 is 19.2 Å². The second-order valence-corrected chi connectivity index (χ2v) is 6.93. The minimum Gasteiger partial charge on any atom is -0.369 e. The minimum absolute atomic E-state index is 0.278. The fourth-order valence-electron chi connectivity index (χ4n) is 2.66. The number of primary amides is 1. The standard InChI is InChI=1S/C19H21N3O5/c1-5-8-19(26,10-18(3,4)16(20)24)17(25)21-12-6-7-13-14(9-12)11(2)22-27-15(13)23/h6-7,9,26H,10H2,1-4H3,(H2,20,24)(H,21,25). The summed E-state index contributed by atoms with van der Waals surface area (Å²) in [6.07, 6.45) is -0.278. The molecule has 0 aliphatic carbocycles. The first-order valence-electron chi connectivity index (χ1n) is 8.18. The molecule has 0 radical (unpaired) electrons. The van der Waals surface area contributed by atoms with Crippen LogP contribution < -0.4 is 16.7 Å². The van der Waals surface area contributed by atoms with Gasteiger partial charge in [0.1, 0.15) is 0 Å². The van der Waals surface area contributed by atoms with Gasteiger partial charge in [-0.25, -0.2) is 4.79 Å². The number of nitrogens with two attached hydrogens (primary N) is 1. The summed E-state index contributed by atoms with van der Waals surface area (Å²) >= 11 is 0. The van der Waals surface area contributed by atoms with Gasteiger partial charge >= 0.3 is 5.63 Å². The summed E-state index contributed by atoms with van der Waals surface area (Å²) in [6, 6.07) is 4.53. The SMILES string of the molecule is CC#CC(O)(CC(C)(C)C(N)=O)C(=O)Nc1ccc2c(=O)onc(C)c2c1. The van der Waals surface area contributed by atoms with Crippen LogP contribution in [0.5, 0.6) is 0 Å². The van der Waals surface area contributed by atoms with Crippen molar-refractivity contribution in [3.05, 3.63) is 34.3 Å². The van der Waals surface area contributed by atoms with Gasteiger partial charge in [-0.15, -0.1) is 5.92 Å². The lowest BCUT2D eigenvalue weighted by Crippen LogP contribution is -2.48. The van der Waals surface area contributed by atoms with Crippen LogP contribution in [0.25, 0.3) is 10.8 Å². The zero-order valence-corrected chi connectivity index (χ0v) is 15.5. The molecule has 142 valence electrons. The van der Waals surface area contributed by atoms with Gasteiger partial charge in [0.25, 0.3) is 5.91 Å². The highest BCUT2D eigenvalue weighted by atomic mass is 16.5. The number of hydrogen-bond donors (Lipinski definition) is 3. The van der Waals surface area contributed by atoms with Crippen LogP contribution in [0.3, 0.4) is 0 Å². The molecular weight excluding hydrogens is 350 g/mol. The highest BCUT2D eigenvalue weighted by Gasteiger charge is 2.42. The van der Waals surface area contributed by atoms with E-state index in [1.165, 1.54) is 32.9 Å². The number of nitrogens with zero attached hydrogens (tertiary/aromatic N) is 1. The summed E-state index contributed by atoms with van der Waals surface area (Å²) in [4.78, 5) is 36.0. The molecule has 2 rings (SSSR count). The van der Waals surface area contributed by atoms with E-state index in [1.807, 2.05) is 0 Å². The van der Waals surface area contributed by atoms with Crippen molar-refractivity contribution in [2.24, 2.45) is 11.1 Å². The van der Waals surface area contributed by atoms with Gasteiger partial charge in [0.15, 0.2) is 0 Å². The van der Waals surface area contributed by atoms with E-state index in [0.717, 1.165) is 0 Å². The Kier molecular flexibility index (Phi) is 5.38. The molecule has 0 saturated carbocycles. The van der Waals surface area contributed by atoms with E-state index in [9.17, 15) is 19.5 Å². The number of nitrogens with one attached hydrogen (secondary N) is 1. The summed E-state index contributed by atoms with van der Waals surface area (Å²) in [5.74, 6) is 3.49. The van der Waals surface area contributed by atoms with Gasteiger partial charge in [0.05, 0.1) is 11.1 Å². The zero-order valence-electron chi connectivity index (χ0n) is 15.5. The molecule has 1 aromatic heterocycles. The quantitative estimate of drug-likeness (QED) is 0.673. The first-order valence-corrected chi connectivity index (χ1v) is 8.18. The number of carbonyl (C=O) groups is 2. The number of hydrogen-bond acceptors (Lipinski definition) is 6. The van der Waals surface area contributed by atoms with E-state index in [-0.39, 0.29) is 6.42 Å². The van der Waals surface area contributed by atoms with Gasteiger partial charge in [-0.3, -0.25) is 9.59 Å². The number of anilines is 1. The molecule has 0 spiro atoms. The maximum atomic E-state index is 12.7. The summed E-state index contributed by atoms with van der Waals surface area (Å²) < 4.78 is 4.66. The third-order valence-corrected chi connectivity index (χ3v) is 4.22. The molecule has 8 nitrogen and oxygen atoms in total. The van der Waals surface area contributed by atoms with Crippen LogP contribution >= 0.6 is 0 Å². The molecule has 0 saturated heterocycles. The normalized spacial score (nSPS) is 13.4. The van der Waals surface area contributed by atoms with Crippen LogP contribution in [0.1, 0.15) is 32.9 Å². The van der Waals surface area contributed by atoms with Gasteiger partial charge in [0.2, 0.25) is 11.5 Å². The van der Waals surface area contributed by atoms with E-state index in [0.29, 0.717) is 22.2 Å². The van der Waals surface area contributed by atoms with Crippen molar-refractivity contribution in [2.75, 3.05) is 5.32 Å². The van der Waals surface area contributed by atoms with E-state index in [4.69, 9.17) is 5.73 Å². The van der Waals surface area contributed by atoms with Crippen molar-refractivity contribution >= 4 is 28.3 Å². The summed E-state index contributed by atoms with van der Waals surface area (Å²) in [7, 11) is 0. The summed E-state index contributed by atoms with van der Waals surface area (Å²) in [5, 5.41) is 17.8. The number of aromatic nitrogens is 1. The van der Waals surface area contributed by atoms with Crippen molar-refractivity contribution in [1.82, 2.24) is 5.16 Å². The largest absolute Gasteiger partial charge is 0.369 e. The van der Waals surface area contributed by atoms with Gasteiger partial charge < -0.3 is 20.7 Å². The summed E-state index contributed by atoms with van der Waals surface area (Å²) in [5.41, 5.74) is 2.28. The Labute approximate surface area is 155 Å². The van der Waals surface area contributed by atoms with E-state index >= 15 is 0 Å². The predicted octanol–water partition coefficient (Wildman–Crippen LogP) is 1.09. The fourth-order valence-corrected chi connectivity index (χ4v) is 2.66. The Hall–Kier alpha value is -3.18. The van der Waals surface area contributed by atoms with Gasteiger partial charge in [-0.2, -0.15) is 0 Å². The van der Waals surface area contributed by atoms with Crippen LogP contribution in [0.2, 0.25) is 0 Å². The third kappa shape index (κ3) is 4.15. The lowest BCUT2D eigenvalue weighted by molar-refractivity contribution is -0.135. The fraction of sp³-hybridized carbons (Fsp3) is 0.368. The number of benzene rings is 1. The Bertz CT molecular complexity index is 1030. The second-order valence-electron chi connectivity index (χ2n) is 6.93. The Morgan fingerprint density at radius 1 is 1.33 bits per heavy atom. The van der Waals surface area contributed by atoms with E-state index < -0.39 is 28.5 Å². The molecule has 0 aliphatic heterocycles. The molecule has 2 amide bonds. The Morgan fingerprint density at radius 3 is 2.59 bits per heavy atom. The second kappa shape index (κ2) is 7.21. The Balaban J connectivity index is 2.39. The lowest BCUT2D eigenvalue weighted by Gasteiger charge is -2.29. The van der Waals surface area contributed by atoms with E-state index in [1.54, 1.807) is 13.0 Å². The number of aliphatic hydroxyl groups is 1. The van der Waals surface area contributed by atoms with Gasteiger partial charge in [0, 0.05) is 22.9 Å². The topological polar surface area (TPSA) is 136 Å². The van der Waals surface area contributed by atoms with Crippen molar-refractivity contribution in [3.8, 4) is 11.8 Å². The number of fused-ring (bicyclic) bond motifs is 1. The van der Waals surface area contributed by atoms with Crippen LogP contribution in [0, 0.1) is 24.2 Å². The molecule has 27 heavy (non-hydrogen) atoms. The molecular formula is C19H21N3O5. The molecule has 0 bridgehead atoms. The van der Waals surface area contributed by atoms with E-state index in [2.05, 4.69) is 26.8 Å². The maximum absolute atomic E-state index is 12.7. The first-order chi connectivity index (χ1) is 12.5. The molecule has 4 N–H and O–H groups in total. The third-order valence-electron chi connectivity index (χ3n) is 4.22. The molecule has 0 fully saturated rings. The monoisotopic (exact) mass is 371 g/mol. The summed E-state index contributed by atoms with van der Waals surface area (Å²) in [6.45, 7) is 6.18. The average molecular weight is 371 g/mol. The molecule has 2 aromatic rings. The molecule has 8 heteroatoms. The van der Waals surface area contributed by atoms with Crippen molar-refractivity contribution in [1.29, 1.82) is 0 Å². The number of aryl methyl sites for hydroxylation is 1. The molecule has 1 heterocycles. The highest BCUT2D eigenvalue weighted by Crippen LogP contribution is 2.29. The number of carbonyl (C=O) groups excluding carboxylic acids is 2. The molecule has 0 aliphatic rings. The van der Waals surface area contributed by atoms with Crippen LogP contribution in [0.15, 0.2) is 27.5 Å². The number of rotatable bonds is 5. The van der Waals surface area contributed by atoms with Crippen molar-refractivity contribution in [2.45, 2.75) is 39.7 Å². The first kappa shape index (κ1) is 20.1. The van der Waals surface area contributed by atoms with Crippen molar-refractivity contribution in [3.63, 3.8) is 0 Å². The molecule has 1 aromatic carbocycles. The maximum Gasteiger partial charge on any atom is 0.366 e. The zero-order chi connectivity index (χ0) is 20.4. The lowest BCUT2D eigenvalue weighted by atomic mass is 9.79. The minimum atomic E-state index is -2.12. The predicted molar refractivity (Wildman–Crippen MR) is 99.6 cm³/mol. The Morgan fingerprint density at radius 2 is 2.00 bits per heavy atom. The van der Waals surface area contributed by atoms with Crippen LogP contribution in [0.4, 0.5) is 5.69 Å². The van der Waals surface area contributed by atoms with Gasteiger partial charge in [-0.1, -0.05) is 24.9 Å². The van der Waals surface area contributed by atoms with Crippen LogP contribution in [-0.2, 0) is 9.59 Å².